The molecule has 0 amide bonds. The molecular formula is C24H27N3O4. The molecule has 5 atom stereocenters. The van der Waals surface area contributed by atoms with Crippen LogP contribution in [-0.4, -0.2) is 23.2 Å². The van der Waals surface area contributed by atoms with Gasteiger partial charge in [-0.05, 0) is 78.7 Å². The average Bonchev–Trinajstić information content (AvgIpc) is 3.14. The fraction of sp³-hybridized carbons (Fsp3) is 0.458. The minimum absolute atomic E-state index is 0.0761. The number of allylic oxidation sites excluding steroid dienone is 1. The van der Waals surface area contributed by atoms with Gasteiger partial charge in [0.15, 0.2) is 17.2 Å². The Bertz CT molecular complexity index is 1020. The Morgan fingerprint density at radius 3 is 2.90 bits per heavy atom. The average molecular weight is 421 g/mol. The number of aromatic nitrogens is 1. The van der Waals surface area contributed by atoms with Gasteiger partial charge in [0.05, 0.1) is 25.0 Å². The molecule has 5 rings (SSSR count). The van der Waals surface area contributed by atoms with Gasteiger partial charge in [0.25, 0.3) is 0 Å². The first-order valence-electron chi connectivity index (χ1n) is 10.8. The number of nitrogens with zero attached hydrogens (tertiary/aromatic N) is 2. The fourth-order valence-corrected chi connectivity index (χ4v) is 6.12. The number of hydroxylamine groups is 1. The predicted octanol–water partition coefficient (Wildman–Crippen LogP) is 4.78. The lowest BCUT2D eigenvalue weighted by Gasteiger charge is -2.48. The number of fused-ring (bicyclic) bond motifs is 5. The first-order valence-corrected chi connectivity index (χ1v) is 10.8. The molecule has 1 aromatic carbocycles. The largest absolute Gasteiger partial charge is 0.504 e. The Kier molecular flexibility index (Phi) is 4.84. The Hall–Kier alpha value is -3.09. The Balaban J connectivity index is 1.55. The lowest BCUT2D eigenvalue weighted by Crippen LogP contribution is -2.43. The van der Waals surface area contributed by atoms with Gasteiger partial charge in [-0.3, -0.25) is 4.98 Å². The number of nitrogens with one attached hydrogen (secondary N) is 1. The van der Waals surface area contributed by atoms with Crippen molar-refractivity contribution in [1.29, 1.82) is 0 Å². The van der Waals surface area contributed by atoms with Crippen molar-refractivity contribution in [3.05, 3.63) is 58.8 Å². The Labute approximate surface area is 181 Å². The minimum Gasteiger partial charge on any atom is -0.504 e. The van der Waals surface area contributed by atoms with Crippen molar-refractivity contribution >= 4 is 5.70 Å². The van der Waals surface area contributed by atoms with Crippen LogP contribution in [0.1, 0.15) is 49.7 Å². The Morgan fingerprint density at radius 2 is 2.16 bits per heavy atom. The van der Waals surface area contributed by atoms with Gasteiger partial charge in [-0.2, -0.15) is 4.91 Å². The van der Waals surface area contributed by atoms with Crippen LogP contribution >= 0.6 is 0 Å². The van der Waals surface area contributed by atoms with Gasteiger partial charge in [-0.25, -0.2) is 5.48 Å². The van der Waals surface area contributed by atoms with E-state index in [1.807, 2.05) is 18.2 Å². The third kappa shape index (κ3) is 3.14. The lowest BCUT2D eigenvalue weighted by molar-refractivity contribution is 0.0806. The van der Waals surface area contributed by atoms with Gasteiger partial charge in [0.1, 0.15) is 0 Å². The number of hydrogen-bond acceptors (Lipinski definition) is 7. The predicted molar refractivity (Wildman–Crippen MR) is 117 cm³/mol. The third-order valence-electron chi connectivity index (χ3n) is 7.72. The molecule has 1 aromatic heterocycles. The molecule has 1 unspecified atom stereocenters. The summed E-state index contributed by atoms with van der Waals surface area (Å²) >= 11 is 0. The molecule has 162 valence electrons. The summed E-state index contributed by atoms with van der Waals surface area (Å²) < 4.78 is 5.41. The van der Waals surface area contributed by atoms with Crippen molar-refractivity contribution in [2.24, 2.45) is 22.4 Å². The minimum atomic E-state index is -0.120. The lowest BCUT2D eigenvalue weighted by atomic mass is 9.56. The number of ether oxygens (including phenoxy) is 1. The molecule has 3 aliphatic rings. The monoisotopic (exact) mass is 421 g/mol. The number of rotatable bonds is 5. The molecule has 0 spiro atoms. The van der Waals surface area contributed by atoms with Crippen molar-refractivity contribution in [2.75, 3.05) is 7.11 Å². The maximum absolute atomic E-state index is 11.5. The van der Waals surface area contributed by atoms with Gasteiger partial charge < -0.3 is 14.7 Å². The molecule has 3 aliphatic carbocycles. The SMILES string of the molecule is COc1cc2c(cc1O)C(NOc1cccnc1)=C[C@@H]1[C@@H]2CC[C@]2(C)C(N=O)CC[C@@H]12. The van der Waals surface area contributed by atoms with Crippen LogP contribution in [0.5, 0.6) is 17.2 Å². The summed E-state index contributed by atoms with van der Waals surface area (Å²) in [6, 6.07) is 7.21. The van der Waals surface area contributed by atoms with E-state index in [4.69, 9.17) is 9.57 Å². The van der Waals surface area contributed by atoms with E-state index in [2.05, 4.69) is 28.6 Å². The summed E-state index contributed by atoms with van der Waals surface area (Å²) in [4.78, 5) is 21.4. The second kappa shape index (κ2) is 7.55. The maximum atomic E-state index is 11.5. The van der Waals surface area contributed by atoms with E-state index in [1.165, 1.54) is 0 Å². The van der Waals surface area contributed by atoms with E-state index >= 15 is 0 Å². The van der Waals surface area contributed by atoms with Gasteiger partial charge in [-0.15, -0.1) is 0 Å². The topological polar surface area (TPSA) is 93.0 Å². The van der Waals surface area contributed by atoms with Gasteiger partial charge in [-0.1, -0.05) is 18.2 Å². The molecule has 2 fully saturated rings. The van der Waals surface area contributed by atoms with Crippen molar-refractivity contribution in [3.8, 4) is 17.2 Å². The molecule has 7 heteroatoms. The van der Waals surface area contributed by atoms with Crippen molar-refractivity contribution in [1.82, 2.24) is 10.5 Å². The summed E-state index contributed by atoms with van der Waals surface area (Å²) in [5.41, 5.74) is 5.88. The summed E-state index contributed by atoms with van der Waals surface area (Å²) in [7, 11) is 1.57. The zero-order valence-electron chi connectivity index (χ0n) is 17.7. The van der Waals surface area contributed by atoms with Crippen LogP contribution in [-0.2, 0) is 0 Å². The van der Waals surface area contributed by atoms with Crippen LogP contribution in [0.15, 0.2) is 47.9 Å². The summed E-state index contributed by atoms with van der Waals surface area (Å²) in [5.74, 6) is 2.10. The standard InChI is InChI=1S/C24H27N3O4/c1-24-8-7-15-16-12-22(30-2)21(28)11-18(16)20(27-31-14-4-3-9-25-13-14)10-17(15)19(24)5-6-23(24)26-29/h3-4,9-13,15,17,19,23,27-28H,5-8H2,1-2H3/t15-,17-,19+,23?,24+/m1/s1. The van der Waals surface area contributed by atoms with Crippen LogP contribution in [0.2, 0.25) is 0 Å². The zero-order chi connectivity index (χ0) is 21.6. The number of methoxy groups -OCH3 is 1. The molecular weight excluding hydrogens is 394 g/mol. The number of hydrogen-bond donors (Lipinski definition) is 2. The number of phenolic OH excluding ortho intramolecular Hbond substituents is 1. The number of phenols is 1. The molecule has 31 heavy (non-hydrogen) atoms. The number of nitroso groups, excluding NO2 is 1. The quantitative estimate of drug-likeness (QED) is 0.533. The van der Waals surface area contributed by atoms with E-state index in [1.54, 1.807) is 25.6 Å². The second-order valence-electron chi connectivity index (χ2n) is 9.12. The van der Waals surface area contributed by atoms with Crippen LogP contribution < -0.4 is 15.1 Å². The molecule has 0 bridgehead atoms. The van der Waals surface area contributed by atoms with E-state index in [0.29, 0.717) is 23.3 Å². The summed E-state index contributed by atoms with van der Waals surface area (Å²) in [5, 5.41) is 13.9. The van der Waals surface area contributed by atoms with Crippen molar-refractivity contribution in [3.63, 3.8) is 0 Å². The highest BCUT2D eigenvalue weighted by atomic mass is 16.6. The molecule has 2 saturated carbocycles. The highest BCUT2D eigenvalue weighted by molar-refractivity contribution is 5.73. The molecule has 2 aromatic rings. The zero-order valence-corrected chi connectivity index (χ0v) is 17.7. The van der Waals surface area contributed by atoms with Gasteiger partial charge >= 0.3 is 0 Å². The molecule has 1 heterocycles. The number of benzene rings is 1. The Morgan fingerprint density at radius 1 is 1.29 bits per heavy atom. The van der Waals surface area contributed by atoms with E-state index in [9.17, 15) is 10.0 Å². The molecule has 0 aliphatic heterocycles. The normalized spacial score (nSPS) is 31.0. The summed E-state index contributed by atoms with van der Waals surface area (Å²) in [6.45, 7) is 2.23. The molecule has 0 saturated heterocycles. The van der Waals surface area contributed by atoms with E-state index in [0.717, 1.165) is 42.5 Å². The van der Waals surface area contributed by atoms with Gasteiger partial charge in [0, 0.05) is 11.8 Å². The fourth-order valence-electron chi connectivity index (χ4n) is 6.12. The number of pyridine rings is 1. The van der Waals surface area contributed by atoms with Crippen LogP contribution in [0.4, 0.5) is 0 Å². The van der Waals surface area contributed by atoms with Crippen LogP contribution in [0.25, 0.3) is 5.70 Å². The highest BCUT2D eigenvalue weighted by Crippen LogP contribution is 2.61. The smallest absolute Gasteiger partial charge is 0.173 e. The highest BCUT2D eigenvalue weighted by Gasteiger charge is 2.55. The molecule has 2 N–H and O–H groups in total. The number of aromatic hydroxyl groups is 1. The van der Waals surface area contributed by atoms with Crippen LogP contribution in [0.3, 0.4) is 0 Å². The molecule has 7 nitrogen and oxygen atoms in total. The van der Waals surface area contributed by atoms with E-state index < -0.39 is 0 Å². The second-order valence-corrected chi connectivity index (χ2v) is 9.12. The first kappa shape index (κ1) is 19.8. The molecule has 0 radical (unpaired) electrons. The summed E-state index contributed by atoms with van der Waals surface area (Å²) in [6.07, 6.45) is 9.34. The van der Waals surface area contributed by atoms with Crippen molar-refractivity contribution < 1.29 is 14.7 Å². The third-order valence-corrected chi connectivity index (χ3v) is 7.72. The van der Waals surface area contributed by atoms with Gasteiger partial charge in [0.2, 0.25) is 0 Å². The van der Waals surface area contributed by atoms with Crippen LogP contribution in [0, 0.1) is 22.2 Å². The van der Waals surface area contributed by atoms with Crippen molar-refractivity contribution in [2.45, 2.75) is 44.6 Å². The first-order chi connectivity index (χ1) is 15.0. The van der Waals surface area contributed by atoms with E-state index in [-0.39, 0.29) is 23.1 Å². The maximum Gasteiger partial charge on any atom is 0.173 e.